The standard InChI is InChI=1S/C32H40ClN3O5S/c1-5-41-30-19-12-11-18-28(30)36(42(4,39)40)21-13-20-31(37)35(23-26-16-9-10-17-27(26)33)29(32(38)34-24(2)3)22-25-14-7-6-8-15-25/h6-12,14-19,24,29H,5,13,20-23H2,1-4H3,(H,34,38)/t29-/m0/s1. The molecule has 0 aliphatic heterocycles. The molecule has 3 rings (SSSR count). The maximum atomic E-state index is 13.9. The van der Waals surface area contributed by atoms with Gasteiger partial charge < -0.3 is 15.0 Å². The molecule has 0 spiro atoms. The summed E-state index contributed by atoms with van der Waals surface area (Å²) in [4.78, 5) is 29.0. The molecule has 1 N–H and O–H groups in total. The van der Waals surface area contributed by atoms with Crippen LogP contribution < -0.4 is 14.4 Å². The van der Waals surface area contributed by atoms with Crippen molar-refractivity contribution in [3.8, 4) is 5.75 Å². The van der Waals surface area contributed by atoms with Crippen LogP contribution in [0, 0.1) is 0 Å². The molecule has 0 radical (unpaired) electrons. The van der Waals surface area contributed by atoms with E-state index in [1.807, 2.05) is 69.3 Å². The van der Waals surface area contributed by atoms with Gasteiger partial charge in [0, 0.05) is 37.0 Å². The second-order valence-electron chi connectivity index (χ2n) is 10.3. The summed E-state index contributed by atoms with van der Waals surface area (Å²) in [6, 6.07) is 22.8. The first-order chi connectivity index (χ1) is 20.0. The van der Waals surface area contributed by atoms with Crippen molar-refractivity contribution in [2.24, 2.45) is 0 Å². The molecule has 1 atom stereocenters. The Hall–Kier alpha value is -3.56. The van der Waals surface area contributed by atoms with Gasteiger partial charge in [-0.2, -0.15) is 0 Å². The van der Waals surface area contributed by atoms with E-state index in [4.69, 9.17) is 16.3 Å². The zero-order valence-electron chi connectivity index (χ0n) is 24.6. The highest BCUT2D eigenvalue weighted by molar-refractivity contribution is 7.92. The van der Waals surface area contributed by atoms with Gasteiger partial charge in [-0.05, 0) is 56.5 Å². The van der Waals surface area contributed by atoms with Crippen molar-refractivity contribution in [1.29, 1.82) is 0 Å². The average Bonchev–Trinajstić information content (AvgIpc) is 2.94. The van der Waals surface area contributed by atoms with Crippen LogP contribution in [0.1, 0.15) is 44.7 Å². The van der Waals surface area contributed by atoms with Gasteiger partial charge in [-0.25, -0.2) is 8.42 Å². The molecule has 226 valence electrons. The molecule has 0 aliphatic carbocycles. The van der Waals surface area contributed by atoms with Crippen molar-refractivity contribution in [3.63, 3.8) is 0 Å². The Morgan fingerprint density at radius 3 is 2.24 bits per heavy atom. The molecule has 42 heavy (non-hydrogen) atoms. The molecule has 0 unspecified atom stereocenters. The summed E-state index contributed by atoms with van der Waals surface area (Å²) in [7, 11) is -3.67. The van der Waals surface area contributed by atoms with E-state index in [-0.39, 0.29) is 43.8 Å². The van der Waals surface area contributed by atoms with Crippen molar-refractivity contribution < 1.29 is 22.7 Å². The Balaban J connectivity index is 1.90. The summed E-state index contributed by atoms with van der Waals surface area (Å²) in [5.41, 5.74) is 2.04. The maximum Gasteiger partial charge on any atom is 0.243 e. The Labute approximate surface area is 254 Å². The molecule has 2 amide bonds. The Morgan fingerprint density at radius 2 is 1.60 bits per heavy atom. The quantitative estimate of drug-likeness (QED) is 0.246. The van der Waals surface area contributed by atoms with Crippen LogP contribution in [0.2, 0.25) is 5.02 Å². The molecule has 10 heteroatoms. The lowest BCUT2D eigenvalue weighted by molar-refractivity contribution is -0.141. The van der Waals surface area contributed by atoms with E-state index in [1.165, 1.54) is 4.31 Å². The third-order valence-corrected chi connectivity index (χ3v) is 8.14. The largest absolute Gasteiger partial charge is 0.492 e. The fourth-order valence-corrected chi connectivity index (χ4v) is 5.83. The molecular formula is C32H40ClN3O5S. The third kappa shape index (κ3) is 9.49. The van der Waals surface area contributed by atoms with Crippen LogP contribution >= 0.6 is 11.6 Å². The summed E-state index contributed by atoms with van der Waals surface area (Å²) in [5.74, 6) is -0.0932. The molecule has 0 saturated heterocycles. The summed E-state index contributed by atoms with van der Waals surface area (Å²) in [6.45, 7) is 6.15. The van der Waals surface area contributed by atoms with Crippen molar-refractivity contribution in [2.45, 2.75) is 58.7 Å². The molecular weight excluding hydrogens is 574 g/mol. The molecule has 3 aromatic rings. The molecule has 3 aromatic carbocycles. The van der Waals surface area contributed by atoms with E-state index >= 15 is 0 Å². The van der Waals surface area contributed by atoms with E-state index < -0.39 is 16.1 Å². The fourth-order valence-electron chi connectivity index (χ4n) is 4.67. The molecule has 8 nitrogen and oxygen atoms in total. The molecule has 0 fully saturated rings. The van der Waals surface area contributed by atoms with Gasteiger partial charge in [0.25, 0.3) is 0 Å². The fraction of sp³-hybridized carbons (Fsp3) is 0.375. The van der Waals surface area contributed by atoms with Crippen molar-refractivity contribution in [1.82, 2.24) is 10.2 Å². The SMILES string of the molecule is CCOc1ccccc1N(CCCC(=O)N(Cc1ccccc1Cl)[C@@H](Cc1ccccc1)C(=O)NC(C)C)S(C)(=O)=O. The number of halogens is 1. The van der Waals surface area contributed by atoms with Gasteiger partial charge in [0.05, 0.1) is 18.6 Å². The summed E-state index contributed by atoms with van der Waals surface area (Å²) in [5, 5.41) is 3.46. The monoisotopic (exact) mass is 613 g/mol. The topological polar surface area (TPSA) is 96.0 Å². The number of carbonyl (C=O) groups is 2. The van der Waals surface area contributed by atoms with Crippen molar-refractivity contribution in [3.05, 3.63) is 95.0 Å². The van der Waals surface area contributed by atoms with E-state index in [2.05, 4.69) is 5.32 Å². The van der Waals surface area contributed by atoms with E-state index in [9.17, 15) is 18.0 Å². The number of nitrogens with one attached hydrogen (secondary N) is 1. The Morgan fingerprint density at radius 1 is 0.952 bits per heavy atom. The number of sulfonamides is 1. The lowest BCUT2D eigenvalue weighted by Crippen LogP contribution is -2.51. The zero-order chi connectivity index (χ0) is 30.7. The van der Waals surface area contributed by atoms with Gasteiger partial charge in [0.2, 0.25) is 21.8 Å². The van der Waals surface area contributed by atoms with Crippen molar-refractivity contribution in [2.75, 3.05) is 23.7 Å². The first kappa shape index (κ1) is 32.9. The van der Waals surface area contributed by atoms with Crippen LogP contribution in [-0.4, -0.2) is 56.6 Å². The smallest absolute Gasteiger partial charge is 0.243 e. The van der Waals surface area contributed by atoms with E-state index in [0.29, 0.717) is 35.1 Å². The van der Waals surface area contributed by atoms with Crippen LogP contribution in [-0.2, 0) is 32.6 Å². The number of rotatable bonds is 15. The minimum Gasteiger partial charge on any atom is -0.492 e. The first-order valence-corrected chi connectivity index (χ1v) is 16.3. The number of ether oxygens (including phenoxy) is 1. The first-order valence-electron chi connectivity index (χ1n) is 14.1. The van der Waals surface area contributed by atoms with Gasteiger partial charge >= 0.3 is 0 Å². The number of carbonyl (C=O) groups excluding carboxylic acids is 2. The van der Waals surface area contributed by atoms with Gasteiger partial charge in [0.15, 0.2) is 0 Å². The predicted molar refractivity (Wildman–Crippen MR) is 168 cm³/mol. The number of hydrogen-bond donors (Lipinski definition) is 1. The molecule has 0 bridgehead atoms. The van der Waals surface area contributed by atoms with E-state index in [0.717, 1.165) is 11.8 Å². The second-order valence-corrected chi connectivity index (χ2v) is 12.6. The van der Waals surface area contributed by atoms with Gasteiger partial charge in [-0.15, -0.1) is 0 Å². The van der Waals surface area contributed by atoms with E-state index in [1.54, 1.807) is 35.2 Å². The Kier molecular flexibility index (Phi) is 12.2. The van der Waals surface area contributed by atoms with Crippen LogP contribution in [0.3, 0.4) is 0 Å². The number of benzene rings is 3. The molecule has 0 heterocycles. The average molecular weight is 614 g/mol. The highest BCUT2D eigenvalue weighted by atomic mass is 35.5. The lowest BCUT2D eigenvalue weighted by Gasteiger charge is -2.32. The lowest BCUT2D eigenvalue weighted by atomic mass is 10.0. The summed E-state index contributed by atoms with van der Waals surface area (Å²) in [6.07, 6.45) is 1.70. The van der Waals surface area contributed by atoms with Gasteiger partial charge in [-0.1, -0.05) is 72.3 Å². The molecule has 0 saturated carbocycles. The van der Waals surface area contributed by atoms with Crippen molar-refractivity contribution >= 4 is 39.1 Å². The van der Waals surface area contributed by atoms with Crippen LogP contribution in [0.4, 0.5) is 5.69 Å². The van der Waals surface area contributed by atoms with Crippen LogP contribution in [0.25, 0.3) is 0 Å². The van der Waals surface area contributed by atoms with Gasteiger partial charge in [0.1, 0.15) is 11.8 Å². The Bertz CT molecular complexity index is 1430. The maximum absolute atomic E-state index is 13.9. The second kappa shape index (κ2) is 15.6. The number of para-hydroxylation sites is 2. The normalized spacial score (nSPS) is 12.0. The summed E-state index contributed by atoms with van der Waals surface area (Å²) < 4.78 is 32.5. The highest BCUT2D eigenvalue weighted by Gasteiger charge is 2.31. The summed E-state index contributed by atoms with van der Waals surface area (Å²) >= 11 is 6.48. The van der Waals surface area contributed by atoms with Crippen LogP contribution in [0.5, 0.6) is 5.75 Å². The minimum absolute atomic E-state index is 0.0214. The predicted octanol–water partition coefficient (Wildman–Crippen LogP) is 5.45. The number of nitrogens with zero attached hydrogens (tertiary/aromatic N) is 2. The highest BCUT2D eigenvalue weighted by Crippen LogP contribution is 2.30. The van der Waals surface area contributed by atoms with Crippen LogP contribution in [0.15, 0.2) is 78.9 Å². The molecule has 0 aliphatic rings. The zero-order valence-corrected chi connectivity index (χ0v) is 26.2. The van der Waals surface area contributed by atoms with Gasteiger partial charge in [-0.3, -0.25) is 13.9 Å². The number of anilines is 1. The minimum atomic E-state index is -3.67. The third-order valence-electron chi connectivity index (χ3n) is 6.59. The molecule has 0 aromatic heterocycles. The number of amides is 2. The number of hydrogen-bond acceptors (Lipinski definition) is 5.